The number of esters is 1. The Labute approximate surface area is 208 Å². The third-order valence-corrected chi connectivity index (χ3v) is 7.37. The molecule has 3 atom stereocenters. The summed E-state index contributed by atoms with van der Waals surface area (Å²) in [6.07, 6.45) is -1.01. The van der Waals surface area contributed by atoms with Crippen molar-refractivity contribution in [3.63, 3.8) is 0 Å². The van der Waals surface area contributed by atoms with Crippen LogP contribution in [0, 0.1) is 11.3 Å². The molecule has 1 unspecified atom stereocenters. The number of methoxy groups -OCH3 is 1. The summed E-state index contributed by atoms with van der Waals surface area (Å²) in [5.74, 6) is 0.0939. The molecule has 0 aromatic heterocycles. The van der Waals surface area contributed by atoms with Gasteiger partial charge >= 0.3 is 5.97 Å². The summed E-state index contributed by atoms with van der Waals surface area (Å²) >= 11 is 6.34. The molecule has 2 fully saturated rings. The van der Waals surface area contributed by atoms with E-state index in [0.29, 0.717) is 60.3 Å². The Morgan fingerprint density at radius 1 is 1.37 bits per heavy atom. The molecule has 0 spiro atoms. The number of cyclic esters (lactones) is 1. The molecule has 2 saturated heterocycles. The minimum atomic E-state index is -0.868. The number of β-amino-alcohol motifs (C(OH)–C–C–N with tert-alkyl or cyclic N) is 1. The van der Waals surface area contributed by atoms with Crippen molar-refractivity contribution in [2.75, 3.05) is 46.4 Å². The summed E-state index contributed by atoms with van der Waals surface area (Å²) in [6.45, 7) is 3.57. The molecule has 2 aromatic rings. The van der Waals surface area contributed by atoms with E-state index in [1.807, 2.05) is 18.2 Å². The van der Waals surface area contributed by atoms with E-state index < -0.39 is 11.8 Å². The SMILES string of the molecule is COc1cc(C(O)CN2CCN3C[C@@H](c4ccc5c(c4)COC5=O)OC[C@]3(N)C2)c(Cl)cc1C#N. The molecule has 0 saturated carbocycles. The number of carbonyl (C=O) groups is 1. The molecular weight excluding hydrogens is 472 g/mol. The summed E-state index contributed by atoms with van der Waals surface area (Å²) in [7, 11) is 1.48. The van der Waals surface area contributed by atoms with Gasteiger partial charge in [0, 0.05) is 48.9 Å². The van der Waals surface area contributed by atoms with Crippen LogP contribution in [0.1, 0.15) is 44.8 Å². The second kappa shape index (κ2) is 9.39. The Morgan fingerprint density at radius 3 is 2.97 bits per heavy atom. The fourth-order valence-corrected chi connectivity index (χ4v) is 5.38. The number of aliphatic hydroxyl groups excluding tert-OH is 1. The highest BCUT2D eigenvalue weighted by Crippen LogP contribution is 2.34. The van der Waals surface area contributed by atoms with Crippen molar-refractivity contribution in [3.05, 3.63) is 63.2 Å². The Balaban J connectivity index is 1.24. The minimum Gasteiger partial charge on any atom is -0.495 e. The molecule has 9 nitrogen and oxygen atoms in total. The number of morpholine rings is 1. The average molecular weight is 499 g/mol. The van der Waals surface area contributed by atoms with Crippen LogP contribution in [0.4, 0.5) is 0 Å². The van der Waals surface area contributed by atoms with Crippen LogP contribution in [-0.4, -0.2) is 73.0 Å². The largest absolute Gasteiger partial charge is 0.495 e. The number of nitrogens with two attached hydrogens (primary N) is 1. The second-order valence-corrected chi connectivity index (χ2v) is 9.69. The number of ether oxygens (including phenoxy) is 3. The highest BCUT2D eigenvalue weighted by Gasteiger charge is 2.44. The quantitative estimate of drug-likeness (QED) is 0.596. The van der Waals surface area contributed by atoms with Crippen LogP contribution in [0.2, 0.25) is 5.02 Å². The minimum absolute atomic E-state index is 0.144. The van der Waals surface area contributed by atoms with E-state index in [4.69, 9.17) is 31.5 Å². The number of piperazine rings is 1. The molecule has 3 N–H and O–H groups in total. The maximum atomic E-state index is 11.7. The number of aliphatic hydroxyl groups is 1. The molecule has 10 heteroatoms. The fraction of sp³-hybridized carbons (Fsp3) is 0.440. The number of halogens is 1. The highest BCUT2D eigenvalue weighted by atomic mass is 35.5. The predicted molar refractivity (Wildman–Crippen MR) is 127 cm³/mol. The Hall–Kier alpha value is -2.71. The van der Waals surface area contributed by atoms with E-state index in [0.717, 1.165) is 24.2 Å². The third-order valence-electron chi connectivity index (χ3n) is 7.04. The zero-order valence-electron chi connectivity index (χ0n) is 19.4. The summed E-state index contributed by atoms with van der Waals surface area (Å²) < 4.78 is 16.6. The first-order valence-electron chi connectivity index (χ1n) is 11.4. The van der Waals surface area contributed by atoms with Crippen LogP contribution in [0.3, 0.4) is 0 Å². The monoisotopic (exact) mass is 498 g/mol. The van der Waals surface area contributed by atoms with Crippen LogP contribution in [0.5, 0.6) is 5.75 Å². The van der Waals surface area contributed by atoms with Gasteiger partial charge < -0.3 is 25.1 Å². The first kappa shape index (κ1) is 24.0. The molecule has 0 radical (unpaired) electrons. The van der Waals surface area contributed by atoms with Crippen molar-refractivity contribution in [2.24, 2.45) is 5.73 Å². The molecule has 3 aliphatic rings. The number of nitrogens with zero attached hydrogens (tertiary/aromatic N) is 3. The molecule has 0 bridgehead atoms. The van der Waals surface area contributed by atoms with E-state index >= 15 is 0 Å². The predicted octanol–water partition coefficient (Wildman–Crippen LogP) is 1.97. The Kier molecular flexibility index (Phi) is 6.44. The summed E-state index contributed by atoms with van der Waals surface area (Å²) in [5.41, 5.74) is 9.41. The van der Waals surface area contributed by atoms with E-state index in [9.17, 15) is 15.2 Å². The van der Waals surface area contributed by atoms with Crippen LogP contribution in [0.15, 0.2) is 30.3 Å². The van der Waals surface area contributed by atoms with Gasteiger partial charge in [-0.1, -0.05) is 17.7 Å². The van der Waals surface area contributed by atoms with E-state index in [-0.39, 0.29) is 12.1 Å². The first-order valence-corrected chi connectivity index (χ1v) is 11.8. The normalized spacial score (nSPS) is 25.3. The van der Waals surface area contributed by atoms with Crippen LogP contribution < -0.4 is 10.5 Å². The molecule has 2 aromatic carbocycles. The van der Waals surface area contributed by atoms with Crippen molar-refractivity contribution in [3.8, 4) is 11.8 Å². The number of fused-ring (bicyclic) bond motifs is 2. The zero-order valence-corrected chi connectivity index (χ0v) is 20.1. The third kappa shape index (κ3) is 4.49. The highest BCUT2D eigenvalue weighted by molar-refractivity contribution is 6.31. The van der Waals surface area contributed by atoms with Gasteiger partial charge in [0.15, 0.2) is 0 Å². The fourth-order valence-electron chi connectivity index (χ4n) is 5.09. The number of rotatable bonds is 5. The van der Waals surface area contributed by atoms with Crippen molar-refractivity contribution in [2.45, 2.75) is 24.5 Å². The summed E-state index contributed by atoms with van der Waals surface area (Å²) in [4.78, 5) is 16.1. The average Bonchev–Trinajstić information content (AvgIpc) is 3.22. The van der Waals surface area contributed by atoms with E-state index in [1.54, 1.807) is 12.1 Å². The van der Waals surface area contributed by atoms with Gasteiger partial charge in [0.25, 0.3) is 0 Å². The van der Waals surface area contributed by atoms with Gasteiger partial charge in [-0.25, -0.2) is 4.79 Å². The van der Waals surface area contributed by atoms with Crippen LogP contribution in [-0.2, 0) is 16.1 Å². The van der Waals surface area contributed by atoms with Gasteiger partial charge in [-0.2, -0.15) is 5.26 Å². The number of carbonyl (C=O) groups excluding carboxylic acids is 1. The standard InChI is InChI=1S/C25H27ClN4O5/c1-33-22-8-19(20(26)7-16(22)9-27)21(31)10-29-4-5-30-11-23(35-14-25(30,28)13-29)15-2-3-18-17(6-15)12-34-24(18)32/h2-3,6-8,21,23,31H,4-5,10-14,28H2,1H3/t21?,23-,25-/m0/s1. The van der Waals surface area contributed by atoms with Gasteiger partial charge in [-0.3, -0.25) is 9.80 Å². The van der Waals surface area contributed by atoms with Gasteiger partial charge in [0.05, 0.1) is 37.1 Å². The number of benzene rings is 2. The zero-order chi connectivity index (χ0) is 24.7. The van der Waals surface area contributed by atoms with Crippen molar-refractivity contribution in [1.82, 2.24) is 9.80 Å². The van der Waals surface area contributed by atoms with Gasteiger partial charge in [-0.15, -0.1) is 0 Å². The van der Waals surface area contributed by atoms with Gasteiger partial charge in [-0.05, 0) is 29.8 Å². The lowest BCUT2D eigenvalue weighted by Gasteiger charge is -2.52. The van der Waals surface area contributed by atoms with Crippen LogP contribution >= 0.6 is 11.6 Å². The molecule has 184 valence electrons. The molecule has 3 heterocycles. The van der Waals surface area contributed by atoms with Crippen molar-refractivity contribution >= 4 is 17.6 Å². The van der Waals surface area contributed by atoms with Crippen LogP contribution in [0.25, 0.3) is 0 Å². The molecule has 0 aliphatic carbocycles. The smallest absolute Gasteiger partial charge is 0.338 e. The number of nitriles is 1. The van der Waals surface area contributed by atoms with E-state index in [1.165, 1.54) is 13.2 Å². The van der Waals surface area contributed by atoms with E-state index in [2.05, 4.69) is 9.80 Å². The van der Waals surface area contributed by atoms with Crippen molar-refractivity contribution in [1.29, 1.82) is 5.26 Å². The maximum Gasteiger partial charge on any atom is 0.338 e. The Morgan fingerprint density at radius 2 is 2.20 bits per heavy atom. The molecular formula is C25H27ClN4O5. The van der Waals surface area contributed by atoms with Gasteiger partial charge in [0.1, 0.15) is 24.1 Å². The molecule has 3 aliphatic heterocycles. The molecule has 5 rings (SSSR count). The lowest BCUT2D eigenvalue weighted by Crippen LogP contribution is -2.72. The number of hydrogen-bond donors (Lipinski definition) is 2. The summed E-state index contributed by atoms with van der Waals surface area (Å²) in [6, 6.07) is 10.9. The van der Waals surface area contributed by atoms with Gasteiger partial charge in [0.2, 0.25) is 0 Å². The molecule has 35 heavy (non-hydrogen) atoms. The maximum absolute atomic E-state index is 11.7. The topological polar surface area (TPSA) is 121 Å². The first-order chi connectivity index (χ1) is 16.8. The number of hydrogen-bond acceptors (Lipinski definition) is 9. The summed E-state index contributed by atoms with van der Waals surface area (Å²) in [5, 5.41) is 20.5. The lowest BCUT2D eigenvalue weighted by molar-refractivity contribution is -0.143. The van der Waals surface area contributed by atoms with Crippen molar-refractivity contribution < 1.29 is 24.1 Å². The Bertz CT molecular complexity index is 1200. The second-order valence-electron chi connectivity index (χ2n) is 9.28. The lowest BCUT2D eigenvalue weighted by atomic mass is 9.97. The molecule has 0 amide bonds.